The van der Waals surface area contributed by atoms with Crippen LogP contribution in [0.15, 0.2) is 47.4 Å². The minimum Gasteiger partial charge on any atom is -0.497 e. The minimum atomic E-state index is -0.493. The van der Waals surface area contributed by atoms with Gasteiger partial charge in [0.1, 0.15) is 5.75 Å². The van der Waals surface area contributed by atoms with E-state index in [9.17, 15) is 9.59 Å². The molecule has 0 aliphatic carbocycles. The van der Waals surface area contributed by atoms with E-state index in [4.69, 9.17) is 16.3 Å². The normalized spacial score (nSPS) is 11.5. The molecule has 0 aromatic heterocycles. The number of hydrogen-bond acceptors (Lipinski definition) is 5. The predicted molar refractivity (Wildman–Crippen MR) is 99.7 cm³/mol. The molecule has 0 radical (unpaired) electrons. The molecule has 2 aromatic carbocycles. The molecule has 2 aromatic rings. The molecule has 1 N–H and O–H groups in total. The van der Waals surface area contributed by atoms with Gasteiger partial charge in [-0.2, -0.15) is 0 Å². The first kappa shape index (κ1) is 19.1. The van der Waals surface area contributed by atoms with E-state index in [0.29, 0.717) is 16.3 Å². The Morgan fingerprint density at radius 3 is 2.40 bits per heavy atom. The Hall–Kier alpha value is -2.18. The molecule has 5 nitrogen and oxygen atoms in total. The summed E-state index contributed by atoms with van der Waals surface area (Å²) in [6.07, 6.45) is 0. The van der Waals surface area contributed by atoms with E-state index >= 15 is 0 Å². The molecule has 0 heterocycles. The lowest BCUT2D eigenvalue weighted by atomic mass is 10.2. The molecular weight excluding hydrogens is 362 g/mol. The number of ether oxygens (including phenoxy) is 2. The van der Waals surface area contributed by atoms with Crippen LogP contribution in [-0.4, -0.2) is 31.3 Å². The molecule has 0 saturated carbocycles. The number of hydrogen-bond donors (Lipinski definition) is 1. The van der Waals surface area contributed by atoms with Gasteiger partial charge in [0, 0.05) is 4.90 Å². The highest BCUT2D eigenvalue weighted by molar-refractivity contribution is 8.00. The predicted octanol–water partition coefficient (Wildman–Crippen LogP) is 4.25. The average Bonchev–Trinajstić information content (AvgIpc) is 2.63. The van der Waals surface area contributed by atoms with Crippen molar-refractivity contribution in [3.8, 4) is 5.75 Å². The van der Waals surface area contributed by atoms with Crippen LogP contribution in [0.1, 0.15) is 17.3 Å². The van der Waals surface area contributed by atoms with Crippen molar-refractivity contribution in [2.45, 2.75) is 17.1 Å². The molecule has 1 atom stereocenters. The van der Waals surface area contributed by atoms with Crippen LogP contribution in [0.5, 0.6) is 5.75 Å². The first-order valence-electron chi connectivity index (χ1n) is 7.44. The number of amides is 1. The molecule has 0 spiro atoms. The van der Waals surface area contributed by atoms with E-state index in [1.165, 1.54) is 24.9 Å². The van der Waals surface area contributed by atoms with Gasteiger partial charge in [0.15, 0.2) is 0 Å². The SMILES string of the molecule is COC(=O)c1ccc(Cl)c(NC(=O)C(C)Sc2ccc(OC)cc2)c1. The number of methoxy groups -OCH3 is 2. The van der Waals surface area contributed by atoms with Crippen molar-refractivity contribution >= 4 is 40.9 Å². The van der Waals surface area contributed by atoms with Crippen molar-refractivity contribution in [1.29, 1.82) is 0 Å². The molecule has 0 fully saturated rings. The molecular formula is C18H18ClNO4S. The molecule has 2 rings (SSSR count). The van der Waals surface area contributed by atoms with Crippen LogP contribution >= 0.6 is 23.4 Å². The molecule has 1 amide bonds. The maximum atomic E-state index is 12.4. The fourth-order valence-electron chi connectivity index (χ4n) is 2.01. The third-order valence-corrected chi connectivity index (χ3v) is 4.83. The number of thioether (sulfide) groups is 1. The first-order chi connectivity index (χ1) is 11.9. The van der Waals surface area contributed by atoms with Gasteiger partial charge in [0.25, 0.3) is 0 Å². The summed E-state index contributed by atoms with van der Waals surface area (Å²) in [5.74, 6) is 0.0467. The van der Waals surface area contributed by atoms with Gasteiger partial charge in [-0.1, -0.05) is 11.6 Å². The van der Waals surface area contributed by atoms with E-state index in [2.05, 4.69) is 10.1 Å². The van der Waals surface area contributed by atoms with Crippen LogP contribution < -0.4 is 10.1 Å². The summed E-state index contributed by atoms with van der Waals surface area (Å²) in [6.45, 7) is 1.79. The highest BCUT2D eigenvalue weighted by Gasteiger charge is 2.17. The second-order valence-electron chi connectivity index (χ2n) is 5.11. The van der Waals surface area contributed by atoms with E-state index in [1.807, 2.05) is 24.3 Å². The quantitative estimate of drug-likeness (QED) is 0.600. The molecule has 132 valence electrons. The van der Waals surface area contributed by atoms with Crippen molar-refractivity contribution in [2.75, 3.05) is 19.5 Å². The summed E-state index contributed by atoms with van der Waals surface area (Å²) < 4.78 is 9.78. The fourth-order valence-corrected chi connectivity index (χ4v) is 3.04. The Morgan fingerprint density at radius 2 is 1.80 bits per heavy atom. The van der Waals surface area contributed by atoms with Crippen LogP contribution in [0.2, 0.25) is 5.02 Å². The van der Waals surface area contributed by atoms with Gasteiger partial charge in [-0.05, 0) is 49.4 Å². The van der Waals surface area contributed by atoms with Crippen LogP contribution in [0.3, 0.4) is 0 Å². The number of halogens is 1. The first-order valence-corrected chi connectivity index (χ1v) is 8.69. The van der Waals surface area contributed by atoms with E-state index in [1.54, 1.807) is 26.2 Å². The third-order valence-electron chi connectivity index (χ3n) is 3.39. The van der Waals surface area contributed by atoms with Crippen LogP contribution in [0.4, 0.5) is 5.69 Å². The number of rotatable bonds is 6. The average molecular weight is 380 g/mol. The number of carbonyl (C=O) groups excluding carboxylic acids is 2. The zero-order valence-corrected chi connectivity index (χ0v) is 15.6. The molecule has 25 heavy (non-hydrogen) atoms. The molecule has 0 saturated heterocycles. The Labute approximate surface area is 155 Å². The Balaban J connectivity index is 2.06. The number of carbonyl (C=O) groups is 2. The van der Waals surface area contributed by atoms with Gasteiger partial charge in [-0.15, -0.1) is 11.8 Å². The number of benzene rings is 2. The van der Waals surface area contributed by atoms with Crippen molar-refractivity contribution in [3.63, 3.8) is 0 Å². The highest BCUT2D eigenvalue weighted by Crippen LogP contribution is 2.28. The van der Waals surface area contributed by atoms with E-state index in [0.717, 1.165) is 10.6 Å². The second-order valence-corrected chi connectivity index (χ2v) is 6.93. The number of anilines is 1. The van der Waals surface area contributed by atoms with Crippen molar-refractivity contribution in [3.05, 3.63) is 53.1 Å². The summed E-state index contributed by atoms with van der Waals surface area (Å²) in [6, 6.07) is 12.0. The summed E-state index contributed by atoms with van der Waals surface area (Å²) in [7, 11) is 2.90. The Morgan fingerprint density at radius 1 is 1.12 bits per heavy atom. The topological polar surface area (TPSA) is 64.6 Å². The summed E-state index contributed by atoms with van der Waals surface area (Å²) >= 11 is 7.51. The van der Waals surface area contributed by atoms with Crippen molar-refractivity contribution in [2.24, 2.45) is 0 Å². The molecule has 7 heteroatoms. The lowest BCUT2D eigenvalue weighted by Crippen LogP contribution is -2.22. The zero-order valence-electron chi connectivity index (χ0n) is 14.0. The minimum absolute atomic E-state index is 0.218. The zero-order chi connectivity index (χ0) is 18.4. The third kappa shape index (κ3) is 5.14. The van der Waals surface area contributed by atoms with Gasteiger partial charge >= 0.3 is 5.97 Å². The van der Waals surface area contributed by atoms with Crippen LogP contribution in [0, 0.1) is 0 Å². The Kier molecular flexibility index (Phi) is 6.73. The Bertz CT molecular complexity index is 764. The van der Waals surface area contributed by atoms with Gasteiger partial charge < -0.3 is 14.8 Å². The number of esters is 1. The lowest BCUT2D eigenvalue weighted by molar-refractivity contribution is -0.115. The van der Waals surface area contributed by atoms with Gasteiger partial charge in [0.2, 0.25) is 5.91 Å². The lowest BCUT2D eigenvalue weighted by Gasteiger charge is -2.14. The molecule has 0 aliphatic heterocycles. The standard InChI is InChI=1S/C18H18ClNO4S/c1-11(25-14-7-5-13(23-2)6-8-14)17(21)20-16-10-12(18(22)24-3)4-9-15(16)19/h4-11H,1-3H3,(H,20,21). The van der Waals surface area contributed by atoms with Gasteiger partial charge in [-0.25, -0.2) is 4.79 Å². The summed E-state index contributed by atoms with van der Waals surface area (Å²) in [5, 5.41) is 2.74. The summed E-state index contributed by atoms with van der Waals surface area (Å²) in [4.78, 5) is 25.0. The molecule has 1 unspecified atom stereocenters. The van der Waals surface area contributed by atoms with Gasteiger partial charge in [-0.3, -0.25) is 4.79 Å². The largest absolute Gasteiger partial charge is 0.497 e. The van der Waals surface area contributed by atoms with Crippen LogP contribution in [0.25, 0.3) is 0 Å². The van der Waals surface area contributed by atoms with E-state index in [-0.39, 0.29) is 11.2 Å². The maximum absolute atomic E-state index is 12.4. The summed E-state index contributed by atoms with van der Waals surface area (Å²) in [5.41, 5.74) is 0.689. The van der Waals surface area contributed by atoms with Crippen LogP contribution in [-0.2, 0) is 9.53 Å². The van der Waals surface area contributed by atoms with Crippen molar-refractivity contribution < 1.29 is 19.1 Å². The second kappa shape index (κ2) is 8.78. The monoisotopic (exact) mass is 379 g/mol. The fraction of sp³-hybridized carbons (Fsp3) is 0.222. The smallest absolute Gasteiger partial charge is 0.337 e. The highest BCUT2D eigenvalue weighted by atomic mass is 35.5. The maximum Gasteiger partial charge on any atom is 0.337 e. The number of nitrogens with one attached hydrogen (secondary N) is 1. The van der Waals surface area contributed by atoms with Crippen molar-refractivity contribution in [1.82, 2.24) is 0 Å². The molecule has 0 bridgehead atoms. The van der Waals surface area contributed by atoms with Gasteiger partial charge in [0.05, 0.1) is 35.7 Å². The molecule has 0 aliphatic rings. The van der Waals surface area contributed by atoms with E-state index < -0.39 is 5.97 Å².